The summed E-state index contributed by atoms with van der Waals surface area (Å²) < 4.78 is 7.47. The van der Waals surface area contributed by atoms with Crippen LogP contribution in [0, 0.1) is 0 Å². The van der Waals surface area contributed by atoms with Gasteiger partial charge in [0.2, 0.25) is 0 Å². The average molecular weight is 585 g/mol. The number of benzene rings is 2. The van der Waals surface area contributed by atoms with E-state index in [0.29, 0.717) is 18.0 Å². The van der Waals surface area contributed by atoms with Crippen molar-refractivity contribution >= 4 is 23.6 Å². The Bertz CT molecular complexity index is 1090. The molecule has 5 N–H and O–H groups in total. The van der Waals surface area contributed by atoms with E-state index in [1.54, 1.807) is 23.8 Å². The van der Waals surface area contributed by atoms with Gasteiger partial charge < -0.3 is 26.2 Å². The van der Waals surface area contributed by atoms with Crippen LogP contribution in [0.5, 0.6) is 5.75 Å². The minimum Gasteiger partial charge on any atom is -0.487 e. The summed E-state index contributed by atoms with van der Waals surface area (Å²) in [4.78, 5) is 21.6. The maximum absolute atomic E-state index is 12.3. The Balaban J connectivity index is -0.00000101. The smallest absolute Gasteiger partial charge is 0.273 e. The number of nitrogens with two attached hydrogens (primary N) is 1. The first kappa shape index (κ1) is 42.2. The lowest BCUT2D eigenvalue weighted by Crippen LogP contribution is -2.28. The topological polar surface area (TPSA) is 144 Å². The summed E-state index contributed by atoms with van der Waals surface area (Å²) in [7, 11) is 1.50. The van der Waals surface area contributed by atoms with Crippen molar-refractivity contribution in [2.75, 3.05) is 25.5 Å². The third-order valence-corrected chi connectivity index (χ3v) is 4.30. The molecule has 3 rings (SSSR count). The first-order chi connectivity index (χ1) is 20.6. The Hall–Kier alpha value is -4.28. The van der Waals surface area contributed by atoms with Crippen molar-refractivity contribution in [1.29, 1.82) is 0 Å². The highest BCUT2D eigenvalue weighted by Gasteiger charge is 2.19. The Morgan fingerprint density at radius 1 is 1.02 bits per heavy atom. The molecule has 3 aromatic rings. The first-order valence-corrected chi connectivity index (χ1v) is 14.2. The van der Waals surface area contributed by atoms with Gasteiger partial charge in [-0.2, -0.15) is 0 Å². The second kappa shape index (κ2) is 31.3. The molecule has 1 aromatic heterocycles. The molecule has 234 valence electrons. The summed E-state index contributed by atoms with van der Waals surface area (Å²) in [6.07, 6.45) is 5.55. The van der Waals surface area contributed by atoms with Crippen LogP contribution < -0.4 is 21.1 Å². The monoisotopic (exact) mass is 584 g/mol. The van der Waals surface area contributed by atoms with Crippen LogP contribution in [0.3, 0.4) is 0 Å². The van der Waals surface area contributed by atoms with Gasteiger partial charge in [0.05, 0.1) is 13.2 Å². The lowest BCUT2D eigenvalue weighted by molar-refractivity contribution is -0.104. The highest BCUT2D eigenvalue weighted by Crippen LogP contribution is 2.22. The van der Waals surface area contributed by atoms with Gasteiger partial charge in [-0.25, -0.2) is 4.68 Å². The Kier molecular flexibility index (Phi) is 31.4. The maximum Gasteiger partial charge on any atom is 0.273 e. The van der Waals surface area contributed by atoms with E-state index in [4.69, 9.17) is 9.84 Å². The maximum atomic E-state index is 12.3. The molecule has 0 bridgehead atoms. The van der Waals surface area contributed by atoms with E-state index in [1.165, 1.54) is 13.1 Å². The number of para-hydroxylation sites is 1. The largest absolute Gasteiger partial charge is 0.487 e. The fraction of sp³-hybridized carbons (Fsp3) is 0.375. The predicted molar refractivity (Wildman–Crippen MR) is 175 cm³/mol. The molecule has 10 heteroatoms. The highest BCUT2D eigenvalue weighted by molar-refractivity contribution is 5.93. The van der Waals surface area contributed by atoms with Crippen molar-refractivity contribution in [2.45, 2.75) is 61.6 Å². The molecule has 0 aliphatic rings. The zero-order valence-corrected chi connectivity index (χ0v) is 26.6. The van der Waals surface area contributed by atoms with Crippen LogP contribution >= 0.6 is 0 Å². The van der Waals surface area contributed by atoms with Crippen LogP contribution in [0.15, 0.2) is 79.4 Å². The molecule has 0 aliphatic carbocycles. The third kappa shape index (κ3) is 18.1. The molecule has 0 atom stereocenters. The zero-order chi connectivity index (χ0) is 32.6. The Morgan fingerprint density at radius 3 is 2.17 bits per heavy atom. The Morgan fingerprint density at radius 2 is 1.64 bits per heavy atom. The molecule has 0 unspecified atom stereocenters. The normalized spacial score (nSPS) is 8.81. The van der Waals surface area contributed by atoms with E-state index >= 15 is 0 Å². The lowest BCUT2D eigenvalue weighted by Gasteiger charge is -2.11. The molecule has 0 radical (unpaired) electrons. The van der Waals surface area contributed by atoms with Gasteiger partial charge in [-0.1, -0.05) is 83.2 Å². The number of amides is 1. The van der Waals surface area contributed by atoms with Crippen LogP contribution in [0.25, 0.3) is 0 Å². The third-order valence-electron chi connectivity index (χ3n) is 4.30. The van der Waals surface area contributed by atoms with E-state index in [-0.39, 0.29) is 25.5 Å². The van der Waals surface area contributed by atoms with Crippen LogP contribution in [0.1, 0.15) is 64.6 Å². The standard InChI is InChI=1S/C21H23N5O3.C4H6O.3C2H6.CH5N/c1-2-12-26-19(20(24-25-26)21(28)22-11-13-27)15-29-18-10-6-9-17(14-18)23-16-7-4-3-5-8-16;1-2-3-4-5;4*1-2/h2-10,14,23,27H,1,11-13,15H2,(H,22,28);2-4H,1H3;3*1-2H3;2H2,1H3/b;3-2+;;;;. The van der Waals surface area contributed by atoms with Gasteiger partial charge in [-0.3, -0.25) is 9.59 Å². The summed E-state index contributed by atoms with van der Waals surface area (Å²) in [6, 6.07) is 17.4. The lowest BCUT2D eigenvalue weighted by atomic mass is 10.2. The van der Waals surface area contributed by atoms with Crippen LogP contribution in [-0.2, 0) is 17.9 Å². The van der Waals surface area contributed by atoms with Crippen molar-refractivity contribution in [2.24, 2.45) is 5.73 Å². The minimum absolute atomic E-state index is 0.109. The second-order valence-electron chi connectivity index (χ2n) is 6.80. The SMILES string of the molecule is C/C=C/C=O.C=CCn1nnc(C(=O)NCCO)c1COc1cccc(Nc2ccccc2)c1.CC.CC.CC.CN. The number of carbonyl (C=O) groups is 2. The molecule has 0 fully saturated rings. The number of hydrogen-bond acceptors (Lipinski definition) is 8. The predicted octanol–water partition coefficient (Wildman–Crippen LogP) is 5.92. The molecule has 1 amide bonds. The van der Waals surface area contributed by atoms with Crippen molar-refractivity contribution in [3.8, 4) is 5.75 Å². The average Bonchev–Trinajstić information content (AvgIpc) is 3.46. The van der Waals surface area contributed by atoms with Gasteiger partial charge in [0.1, 0.15) is 24.3 Å². The number of carbonyl (C=O) groups excluding carboxylic acids is 2. The molecule has 0 saturated heterocycles. The van der Waals surface area contributed by atoms with Gasteiger partial charge in [0, 0.05) is 24.0 Å². The number of aliphatic hydroxyl groups excluding tert-OH is 1. The number of nitrogens with zero attached hydrogens (tertiary/aromatic N) is 3. The first-order valence-electron chi connectivity index (χ1n) is 14.2. The highest BCUT2D eigenvalue weighted by atomic mass is 16.5. The Labute approximate surface area is 252 Å². The van der Waals surface area contributed by atoms with Crippen molar-refractivity contribution in [3.05, 3.63) is 90.8 Å². The number of aliphatic hydroxyl groups is 1. The molecule has 10 nitrogen and oxygen atoms in total. The van der Waals surface area contributed by atoms with E-state index in [0.717, 1.165) is 17.7 Å². The molecule has 1 heterocycles. The summed E-state index contributed by atoms with van der Waals surface area (Å²) in [5.41, 5.74) is 7.05. The molecular formula is C32H52N6O4. The number of nitrogens with one attached hydrogen (secondary N) is 2. The van der Waals surface area contributed by atoms with Crippen LogP contribution in [-0.4, -0.2) is 52.5 Å². The second-order valence-corrected chi connectivity index (χ2v) is 6.80. The zero-order valence-electron chi connectivity index (χ0n) is 26.6. The number of aromatic nitrogens is 3. The molecular weight excluding hydrogens is 532 g/mol. The number of aldehydes is 1. The molecule has 0 spiro atoms. The van der Waals surface area contributed by atoms with Gasteiger partial charge in [-0.15, -0.1) is 11.7 Å². The van der Waals surface area contributed by atoms with Gasteiger partial charge >= 0.3 is 0 Å². The van der Waals surface area contributed by atoms with Crippen LogP contribution in [0.2, 0.25) is 0 Å². The molecule has 42 heavy (non-hydrogen) atoms. The number of rotatable bonds is 11. The summed E-state index contributed by atoms with van der Waals surface area (Å²) in [5, 5.41) is 22.8. The van der Waals surface area contributed by atoms with Gasteiger partial charge in [0.15, 0.2) is 5.69 Å². The van der Waals surface area contributed by atoms with Gasteiger partial charge in [-0.05, 0) is 44.3 Å². The van der Waals surface area contributed by atoms with Crippen LogP contribution in [0.4, 0.5) is 11.4 Å². The number of hydrogen-bond donors (Lipinski definition) is 4. The van der Waals surface area contributed by atoms with Gasteiger partial charge in [0.25, 0.3) is 5.91 Å². The van der Waals surface area contributed by atoms with Crippen molar-refractivity contribution in [1.82, 2.24) is 20.3 Å². The van der Waals surface area contributed by atoms with Crippen molar-refractivity contribution < 1.29 is 19.4 Å². The van der Waals surface area contributed by atoms with E-state index in [9.17, 15) is 9.59 Å². The van der Waals surface area contributed by atoms with Crippen molar-refractivity contribution in [3.63, 3.8) is 0 Å². The number of allylic oxidation sites excluding steroid dienone is 3. The molecule has 2 aromatic carbocycles. The fourth-order valence-corrected chi connectivity index (χ4v) is 2.76. The fourth-order valence-electron chi connectivity index (χ4n) is 2.76. The molecule has 0 saturated carbocycles. The summed E-state index contributed by atoms with van der Waals surface area (Å²) >= 11 is 0. The number of anilines is 2. The van der Waals surface area contributed by atoms with E-state index in [2.05, 4.69) is 33.3 Å². The minimum atomic E-state index is -0.410. The summed E-state index contributed by atoms with van der Waals surface area (Å²) in [6.45, 7) is 18.0. The van der Waals surface area contributed by atoms with E-state index < -0.39 is 5.91 Å². The van der Waals surface area contributed by atoms with E-state index in [1.807, 2.05) is 96.1 Å². The summed E-state index contributed by atoms with van der Waals surface area (Å²) in [5.74, 6) is 0.228. The molecule has 0 aliphatic heterocycles. The number of ether oxygens (including phenoxy) is 1. The quantitative estimate of drug-likeness (QED) is 0.123.